The molecule has 0 spiro atoms. The number of ether oxygens (including phenoxy) is 4. The third kappa shape index (κ3) is 7.10. The first-order valence-corrected chi connectivity index (χ1v) is 12.6. The van der Waals surface area contributed by atoms with Crippen LogP contribution in [-0.4, -0.2) is 38.4 Å². The van der Waals surface area contributed by atoms with Crippen molar-refractivity contribution in [3.8, 4) is 11.5 Å². The summed E-state index contributed by atoms with van der Waals surface area (Å²) in [6, 6.07) is 13.5. The molecular weight excluding hydrogens is 444 g/mol. The SMILES string of the molecule is CCCCCOC(=O)COc1c2ccccc2c(OCC(=O)OCCCCC)c2c(C)cccc12. The number of carbonyl (C=O) groups excluding carboxylic acids is 2. The van der Waals surface area contributed by atoms with E-state index >= 15 is 0 Å². The molecule has 0 heterocycles. The van der Waals surface area contributed by atoms with Crippen molar-refractivity contribution in [2.75, 3.05) is 26.4 Å². The van der Waals surface area contributed by atoms with Gasteiger partial charge in [0, 0.05) is 21.5 Å². The summed E-state index contributed by atoms with van der Waals surface area (Å²) in [5.41, 5.74) is 0.978. The number of unbranched alkanes of at least 4 members (excludes halogenated alkanes) is 4. The number of esters is 2. The Morgan fingerprint density at radius 3 is 1.74 bits per heavy atom. The monoisotopic (exact) mass is 480 g/mol. The van der Waals surface area contributed by atoms with Crippen LogP contribution in [0.5, 0.6) is 11.5 Å². The summed E-state index contributed by atoms with van der Waals surface area (Å²) in [6.45, 7) is 6.64. The van der Waals surface area contributed by atoms with Crippen molar-refractivity contribution in [1.82, 2.24) is 0 Å². The third-order valence-electron chi connectivity index (χ3n) is 5.85. The zero-order chi connectivity index (χ0) is 25.0. The topological polar surface area (TPSA) is 71.1 Å². The van der Waals surface area contributed by atoms with Crippen LogP contribution in [0, 0.1) is 6.92 Å². The molecule has 6 heteroatoms. The normalized spacial score (nSPS) is 10.9. The van der Waals surface area contributed by atoms with Gasteiger partial charge in [-0.2, -0.15) is 0 Å². The number of fused-ring (bicyclic) bond motifs is 2. The van der Waals surface area contributed by atoms with Crippen molar-refractivity contribution in [2.24, 2.45) is 0 Å². The molecule has 0 aliphatic heterocycles. The fourth-order valence-electron chi connectivity index (χ4n) is 4.04. The largest absolute Gasteiger partial charge is 0.481 e. The molecule has 0 atom stereocenters. The van der Waals surface area contributed by atoms with Crippen LogP contribution in [0.1, 0.15) is 57.9 Å². The minimum Gasteiger partial charge on any atom is -0.481 e. The quantitative estimate of drug-likeness (QED) is 0.148. The molecule has 6 nitrogen and oxygen atoms in total. The lowest BCUT2D eigenvalue weighted by molar-refractivity contribution is -0.147. The summed E-state index contributed by atoms with van der Waals surface area (Å²) in [5, 5.41) is 3.26. The van der Waals surface area contributed by atoms with Gasteiger partial charge in [-0.25, -0.2) is 9.59 Å². The molecule has 3 rings (SSSR count). The van der Waals surface area contributed by atoms with Crippen LogP contribution in [0.15, 0.2) is 42.5 Å². The van der Waals surface area contributed by atoms with Crippen molar-refractivity contribution in [2.45, 2.75) is 59.3 Å². The Labute approximate surface area is 207 Å². The van der Waals surface area contributed by atoms with Gasteiger partial charge >= 0.3 is 11.9 Å². The highest BCUT2D eigenvalue weighted by atomic mass is 16.6. The molecule has 3 aromatic carbocycles. The summed E-state index contributed by atoms with van der Waals surface area (Å²) in [4.78, 5) is 24.6. The Kier molecular flexibility index (Phi) is 10.2. The van der Waals surface area contributed by atoms with E-state index < -0.39 is 11.9 Å². The predicted octanol–water partition coefficient (Wildman–Crippen LogP) is 6.53. The Morgan fingerprint density at radius 2 is 1.17 bits per heavy atom. The van der Waals surface area contributed by atoms with E-state index in [0.29, 0.717) is 24.7 Å². The van der Waals surface area contributed by atoms with Crippen LogP contribution >= 0.6 is 0 Å². The first kappa shape index (κ1) is 26.3. The summed E-state index contributed by atoms with van der Waals surface area (Å²) >= 11 is 0. The highest BCUT2D eigenvalue weighted by molar-refractivity contribution is 6.12. The second-order valence-electron chi connectivity index (χ2n) is 8.63. The van der Waals surface area contributed by atoms with E-state index in [1.807, 2.05) is 49.4 Å². The van der Waals surface area contributed by atoms with E-state index in [0.717, 1.165) is 65.6 Å². The van der Waals surface area contributed by atoms with Gasteiger partial charge in [-0.05, 0) is 25.3 Å². The van der Waals surface area contributed by atoms with Crippen LogP contribution in [0.25, 0.3) is 21.5 Å². The zero-order valence-electron chi connectivity index (χ0n) is 21.1. The second-order valence-corrected chi connectivity index (χ2v) is 8.63. The molecule has 0 fully saturated rings. The Balaban J connectivity index is 1.86. The van der Waals surface area contributed by atoms with Gasteiger partial charge in [-0.15, -0.1) is 0 Å². The lowest BCUT2D eigenvalue weighted by atomic mass is 9.97. The van der Waals surface area contributed by atoms with E-state index in [-0.39, 0.29) is 13.2 Å². The highest BCUT2D eigenvalue weighted by Crippen LogP contribution is 2.44. The third-order valence-corrected chi connectivity index (χ3v) is 5.85. The first-order chi connectivity index (χ1) is 17.1. The molecule has 0 saturated heterocycles. The Bertz CT molecular complexity index is 1140. The smallest absolute Gasteiger partial charge is 0.344 e. The van der Waals surface area contributed by atoms with E-state index in [9.17, 15) is 9.59 Å². The second kappa shape index (κ2) is 13.6. The van der Waals surface area contributed by atoms with E-state index in [1.165, 1.54) is 0 Å². The van der Waals surface area contributed by atoms with Crippen molar-refractivity contribution in [1.29, 1.82) is 0 Å². The van der Waals surface area contributed by atoms with Crippen molar-refractivity contribution >= 4 is 33.5 Å². The number of benzene rings is 3. The molecule has 0 aliphatic rings. The molecule has 0 aliphatic carbocycles. The minimum absolute atomic E-state index is 0.177. The maximum absolute atomic E-state index is 12.3. The van der Waals surface area contributed by atoms with Gasteiger partial charge in [-0.1, -0.05) is 82.0 Å². The van der Waals surface area contributed by atoms with E-state index in [1.54, 1.807) is 0 Å². The van der Waals surface area contributed by atoms with Gasteiger partial charge in [-0.3, -0.25) is 0 Å². The molecule has 3 aromatic rings. The molecule has 0 unspecified atom stereocenters. The van der Waals surface area contributed by atoms with Gasteiger partial charge in [0.15, 0.2) is 13.2 Å². The highest BCUT2D eigenvalue weighted by Gasteiger charge is 2.19. The maximum Gasteiger partial charge on any atom is 0.344 e. The Morgan fingerprint density at radius 1 is 0.657 bits per heavy atom. The average molecular weight is 481 g/mol. The number of aryl methyl sites for hydroxylation is 1. The summed E-state index contributed by atoms with van der Waals surface area (Å²) in [6.07, 6.45) is 5.88. The molecule has 188 valence electrons. The summed E-state index contributed by atoms with van der Waals surface area (Å²) in [7, 11) is 0. The molecule has 0 saturated carbocycles. The number of hydrogen-bond donors (Lipinski definition) is 0. The van der Waals surface area contributed by atoms with Crippen LogP contribution in [0.2, 0.25) is 0 Å². The lowest BCUT2D eigenvalue weighted by Crippen LogP contribution is -2.17. The minimum atomic E-state index is -0.392. The lowest BCUT2D eigenvalue weighted by Gasteiger charge is -2.18. The van der Waals surface area contributed by atoms with Gasteiger partial charge in [0.05, 0.1) is 13.2 Å². The number of rotatable bonds is 14. The van der Waals surface area contributed by atoms with Crippen LogP contribution in [0.4, 0.5) is 0 Å². The molecule has 0 aromatic heterocycles. The van der Waals surface area contributed by atoms with Crippen molar-refractivity contribution in [3.05, 3.63) is 48.0 Å². The van der Waals surface area contributed by atoms with Crippen LogP contribution in [-0.2, 0) is 19.1 Å². The van der Waals surface area contributed by atoms with Crippen LogP contribution < -0.4 is 9.47 Å². The average Bonchev–Trinajstić information content (AvgIpc) is 2.86. The fraction of sp³-hybridized carbons (Fsp3) is 0.448. The van der Waals surface area contributed by atoms with Crippen molar-refractivity contribution < 1.29 is 28.5 Å². The van der Waals surface area contributed by atoms with Gasteiger partial charge in [0.1, 0.15) is 11.5 Å². The van der Waals surface area contributed by atoms with Crippen LogP contribution in [0.3, 0.4) is 0 Å². The molecule has 0 N–H and O–H groups in total. The molecule has 35 heavy (non-hydrogen) atoms. The van der Waals surface area contributed by atoms with E-state index in [4.69, 9.17) is 18.9 Å². The van der Waals surface area contributed by atoms with Gasteiger partial charge in [0.25, 0.3) is 0 Å². The molecule has 0 radical (unpaired) electrons. The molecule has 0 bridgehead atoms. The first-order valence-electron chi connectivity index (χ1n) is 12.6. The van der Waals surface area contributed by atoms with Gasteiger partial charge in [0.2, 0.25) is 0 Å². The number of hydrogen-bond acceptors (Lipinski definition) is 6. The fourth-order valence-corrected chi connectivity index (χ4v) is 4.04. The predicted molar refractivity (Wildman–Crippen MR) is 138 cm³/mol. The van der Waals surface area contributed by atoms with Crippen molar-refractivity contribution in [3.63, 3.8) is 0 Å². The standard InChI is InChI=1S/C29H36O6/c1-4-6-10-17-32-25(30)19-34-28-22-14-8-9-15-23(22)29(27-21(3)13-12-16-24(27)28)35-20-26(31)33-18-11-7-5-2/h8-9,12-16H,4-7,10-11,17-20H2,1-3H3. The van der Waals surface area contributed by atoms with Gasteiger partial charge < -0.3 is 18.9 Å². The molecule has 0 amide bonds. The Hall–Kier alpha value is -3.28. The summed E-state index contributed by atoms with van der Waals surface area (Å²) in [5.74, 6) is 0.420. The molecular formula is C29H36O6. The van der Waals surface area contributed by atoms with E-state index in [2.05, 4.69) is 13.8 Å². The zero-order valence-corrected chi connectivity index (χ0v) is 21.1. The summed E-state index contributed by atoms with van der Waals surface area (Å²) < 4.78 is 22.7. The maximum atomic E-state index is 12.3. The number of carbonyl (C=O) groups is 2.